The van der Waals surface area contributed by atoms with Crippen molar-refractivity contribution in [2.45, 2.75) is 6.54 Å². The summed E-state index contributed by atoms with van der Waals surface area (Å²) in [6, 6.07) is 8.10. The number of halogens is 3. The Morgan fingerprint density at radius 2 is 1.80 bits per heavy atom. The number of ether oxygens (including phenoxy) is 2. The van der Waals surface area contributed by atoms with Crippen LogP contribution < -0.4 is 15.2 Å². The van der Waals surface area contributed by atoms with Crippen LogP contribution in [0.1, 0.15) is 5.56 Å². The van der Waals surface area contributed by atoms with Gasteiger partial charge in [0, 0.05) is 12.1 Å². The molecule has 20 heavy (non-hydrogen) atoms. The van der Waals surface area contributed by atoms with E-state index in [1.807, 2.05) is 0 Å². The highest BCUT2D eigenvalue weighted by Gasteiger charge is 2.14. The maximum Gasteiger partial charge on any atom is 0.167 e. The second kappa shape index (κ2) is 6.56. The van der Waals surface area contributed by atoms with E-state index in [-0.39, 0.29) is 12.3 Å². The molecule has 0 heterocycles. The van der Waals surface area contributed by atoms with Gasteiger partial charge in [-0.2, -0.15) is 0 Å². The lowest BCUT2D eigenvalue weighted by Gasteiger charge is -2.14. The molecule has 2 aromatic rings. The van der Waals surface area contributed by atoms with Gasteiger partial charge < -0.3 is 15.2 Å². The predicted molar refractivity (Wildman–Crippen MR) is 82.8 cm³/mol. The molecule has 2 aromatic carbocycles. The van der Waals surface area contributed by atoms with Gasteiger partial charge in [-0.25, -0.2) is 4.39 Å². The van der Waals surface area contributed by atoms with Gasteiger partial charge in [0.25, 0.3) is 0 Å². The Hall–Kier alpha value is -1.11. The normalized spacial score (nSPS) is 10.4. The van der Waals surface area contributed by atoms with Crippen LogP contribution in [0, 0.1) is 5.82 Å². The molecule has 2 N–H and O–H groups in total. The molecule has 0 unspecified atom stereocenters. The maximum absolute atomic E-state index is 13.9. The number of hydrogen-bond acceptors (Lipinski definition) is 3. The first kappa shape index (κ1) is 15.3. The molecule has 0 aliphatic carbocycles. The largest absolute Gasteiger partial charge is 0.496 e. The van der Waals surface area contributed by atoms with Crippen molar-refractivity contribution >= 4 is 31.9 Å². The fourth-order valence-electron chi connectivity index (χ4n) is 1.68. The first-order valence-electron chi connectivity index (χ1n) is 5.75. The molecule has 2 rings (SSSR count). The Labute approximate surface area is 133 Å². The molecule has 0 atom stereocenters. The highest BCUT2D eigenvalue weighted by Crippen LogP contribution is 2.39. The molecule has 0 aliphatic rings. The van der Waals surface area contributed by atoms with E-state index in [1.54, 1.807) is 31.4 Å². The van der Waals surface area contributed by atoms with Crippen LogP contribution in [-0.2, 0) is 6.54 Å². The van der Waals surface area contributed by atoms with Crippen LogP contribution in [0.15, 0.2) is 39.3 Å². The van der Waals surface area contributed by atoms with Gasteiger partial charge in [0.05, 0.1) is 16.1 Å². The van der Waals surface area contributed by atoms with Crippen LogP contribution in [0.2, 0.25) is 0 Å². The monoisotopic (exact) mass is 403 g/mol. The summed E-state index contributed by atoms with van der Waals surface area (Å²) in [6.45, 7) is 0.196. The second-order valence-corrected chi connectivity index (χ2v) is 5.66. The van der Waals surface area contributed by atoms with Crippen molar-refractivity contribution in [3.8, 4) is 17.2 Å². The first-order valence-corrected chi connectivity index (χ1v) is 7.33. The number of methoxy groups -OCH3 is 1. The molecule has 106 valence electrons. The van der Waals surface area contributed by atoms with Crippen LogP contribution in [0.25, 0.3) is 0 Å². The molecule has 0 saturated heterocycles. The van der Waals surface area contributed by atoms with Crippen molar-refractivity contribution in [1.29, 1.82) is 0 Å². The van der Waals surface area contributed by atoms with E-state index in [0.717, 1.165) is 0 Å². The molecule has 6 heteroatoms. The van der Waals surface area contributed by atoms with Crippen LogP contribution in [0.5, 0.6) is 17.2 Å². The zero-order chi connectivity index (χ0) is 14.7. The third-order valence-electron chi connectivity index (χ3n) is 2.69. The van der Waals surface area contributed by atoms with E-state index < -0.39 is 5.82 Å². The van der Waals surface area contributed by atoms with Gasteiger partial charge in [0.15, 0.2) is 11.6 Å². The zero-order valence-electron chi connectivity index (χ0n) is 10.6. The van der Waals surface area contributed by atoms with E-state index in [9.17, 15) is 4.39 Å². The highest BCUT2D eigenvalue weighted by molar-refractivity contribution is 9.11. The molecule has 0 bridgehead atoms. The average Bonchev–Trinajstić information content (AvgIpc) is 2.44. The van der Waals surface area contributed by atoms with Crippen molar-refractivity contribution in [1.82, 2.24) is 0 Å². The van der Waals surface area contributed by atoms with E-state index in [4.69, 9.17) is 15.2 Å². The van der Waals surface area contributed by atoms with Crippen LogP contribution >= 0.6 is 31.9 Å². The lowest BCUT2D eigenvalue weighted by Crippen LogP contribution is -2.01. The van der Waals surface area contributed by atoms with Gasteiger partial charge in [-0.05, 0) is 50.1 Å². The lowest BCUT2D eigenvalue weighted by molar-refractivity contribution is 0.406. The SMILES string of the molecule is COc1cc(Br)c(Oc2c(F)cccc2CN)cc1Br. The molecule has 0 amide bonds. The third kappa shape index (κ3) is 3.13. The number of benzene rings is 2. The Morgan fingerprint density at radius 1 is 1.15 bits per heavy atom. The number of hydrogen-bond donors (Lipinski definition) is 1. The fraction of sp³-hybridized carbons (Fsp3) is 0.143. The quantitative estimate of drug-likeness (QED) is 0.809. The summed E-state index contributed by atoms with van der Waals surface area (Å²) in [5.41, 5.74) is 6.20. The summed E-state index contributed by atoms with van der Waals surface area (Å²) in [5.74, 6) is 0.800. The summed E-state index contributed by atoms with van der Waals surface area (Å²) >= 11 is 6.74. The summed E-state index contributed by atoms with van der Waals surface area (Å²) in [6.07, 6.45) is 0. The minimum absolute atomic E-state index is 0.132. The van der Waals surface area contributed by atoms with Crippen LogP contribution in [-0.4, -0.2) is 7.11 Å². The van der Waals surface area contributed by atoms with E-state index in [2.05, 4.69) is 31.9 Å². The Bertz CT molecular complexity index is 635. The second-order valence-electron chi connectivity index (χ2n) is 3.95. The van der Waals surface area contributed by atoms with Gasteiger partial charge in [-0.15, -0.1) is 0 Å². The number of para-hydroxylation sites is 1. The Kier molecular flexibility index (Phi) is 5.01. The molecule has 0 fully saturated rings. The van der Waals surface area contributed by atoms with Crippen molar-refractivity contribution in [2.24, 2.45) is 5.73 Å². The smallest absolute Gasteiger partial charge is 0.167 e. The van der Waals surface area contributed by atoms with Gasteiger partial charge in [0.2, 0.25) is 0 Å². The molecule has 0 radical (unpaired) electrons. The minimum Gasteiger partial charge on any atom is -0.496 e. The zero-order valence-corrected chi connectivity index (χ0v) is 13.8. The van der Waals surface area contributed by atoms with Crippen LogP contribution in [0.3, 0.4) is 0 Å². The van der Waals surface area contributed by atoms with Crippen LogP contribution in [0.4, 0.5) is 4.39 Å². The molecule has 0 aliphatic heterocycles. The van der Waals surface area contributed by atoms with Gasteiger partial charge in [-0.1, -0.05) is 12.1 Å². The number of nitrogens with two attached hydrogens (primary N) is 1. The van der Waals surface area contributed by atoms with E-state index in [1.165, 1.54) is 6.07 Å². The van der Waals surface area contributed by atoms with Crippen molar-refractivity contribution in [3.05, 3.63) is 50.7 Å². The summed E-state index contributed by atoms with van der Waals surface area (Å²) in [7, 11) is 1.57. The molecular formula is C14H12Br2FNO2. The van der Waals surface area contributed by atoms with Crippen molar-refractivity contribution < 1.29 is 13.9 Å². The first-order chi connectivity index (χ1) is 9.56. The molecule has 0 saturated carbocycles. The number of rotatable bonds is 4. The standard InChI is InChI=1S/C14H12Br2FNO2/c1-19-12-5-10(16)13(6-9(12)15)20-14-8(7-18)3-2-4-11(14)17/h2-6H,7,18H2,1H3. The van der Waals surface area contributed by atoms with E-state index in [0.29, 0.717) is 26.0 Å². The molecule has 3 nitrogen and oxygen atoms in total. The third-order valence-corrected chi connectivity index (χ3v) is 3.93. The topological polar surface area (TPSA) is 44.5 Å². The Balaban J connectivity index is 2.43. The Morgan fingerprint density at radius 3 is 2.45 bits per heavy atom. The van der Waals surface area contributed by atoms with Gasteiger partial charge in [0.1, 0.15) is 11.5 Å². The summed E-state index contributed by atoms with van der Waals surface area (Å²) in [5, 5.41) is 0. The average molecular weight is 405 g/mol. The van der Waals surface area contributed by atoms with E-state index >= 15 is 0 Å². The van der Waals surface area contributed by atoms with Gasteiger partial charge in [-0.3, -0.25) is 0 Å². The van der Waals surface area contributed by atoms with Crippen molar-refractivity contribution in [3.63, 3.8) is 0 Å². The molecule has 0 spiro atoms. The highest BCUT2D eigenvalue weighted by atomic mass is 79.9. The predicted octanol–water partition coefficient (Wildman–Crippen LogP) is 4.61. The summed E-state index contributed by atoms with van der Waals surface area (Å²) in [4.78, 5) is 0. The molecular weight excluding hydrogens is 393 g/mol. The van der Waals surface area contributed by atoms with Crippen molar-refractivity contribution in [2.75, 3.05) is 7.11 Å². The molecule has 0 aromatic heterocycles. The minimum atomic E-state index is -0.452. The summed E-state index contributed by atoms with van der Waals surface area (Å²) < 4.78 is 26.1. The van der Waals surface area contributed by atoms with Gasteiger partial charge >= 0.3 is 0 Å². The lowest BCUT2D eigenvalue weighted by atomic mass is 10.2. The maximum atomic E-state index is 13.9. The fourth-order valence-corrected chi connectivity index (χ4v) is 2.57.